The number of ether oxygens (including phenoxy) is 1. The van der Waals surface area contributed by atoms with E-state index in [-0.39, 0.29) is 22.6 Å². The Morgan fingerprint density at radius 3 is 2.67 bits per heavy atom. The first-order valence-electron chi connectivity index (χ1n) is 6.93. The molecule has 0 bridgehead atoms. The Hall–Kier alpha value is -2.19. The normalized spacial score (nSPS) is 13.3. The van der Waals surface area contributed by atoms with E-state index in [2.05, 4.69) is 15.9 Å². The fourth-order valence-corrected chi connectivity index (χ4v) is 3.83. The minimum Gasteiger partial charge on any atom is -0.426 e. The summed E-state index contributed by atoms with van der Waals surface area (Å²) < 4.78 is 32.6. The number of nitrogens with one attached hydrogen (secondary N) is 1. The van der Waals surface area contributed by atoms with Crippen molar-refractivity contribution in [2.24, 2.45) is 0 Å². The monoisotopic (exact) mass is 409 g/mol. The van der Waals surface area contributed by atoms with Crippen LogP contribution in [-0.4, -0.2) is 20.3 Å². The molecule has 0 radical (unpaired) electrons. The highest BCUT2D eigenvalue weighted by molar-refractivity contribution is 9.10. The molecule has 0 aromatic heterocycles. The van der Waals surface area contributed by atoms with Gasteiger partial charge in [0.25, 0.3) is 15.9 Å². The molecule has 1 amide bonds. The molecule has 0 fully saturated rings. The molecule has 2 aromatic carbocycles. The maximum atomic E-state index is 12.4. The number of esters is 1. The van der Waals surface area contributed by atoms with E-state index in [1.54, 1.807) is 19.1 Å². The van der Waals surface area contributed by atoms with Crippen LogP contribution in [0.25, 0.3) is 0 Å². The van der Waals surface area contributed by atoms with Crippen LogP contribution in [0.15, 0.2) is 45.8 Å². The van der Waals surface area contributed by atoms with Gasteiger partial charge in [0.05, 0.1) is 11.3 Å². The quantitative estimate of drug-likeness (QED) is 0.620. The molecular weight excluding hydrogens is 398 g/mol. The van der Waals surface area contributed by atoms with Crippen LogP contribution >= 0.6 is 15.9 Å². The highest BCUT2D eigenvalue weighted by atomic mass is 79.9. The van der Waals surface area contributed by atoms with Gasteiger partial charge in [-0.3, -0.25) is 9.59 Å². The van der Waals surface area contributed by atoms with Crippen LogP contribution in [0.3, 0.4) is 0 Å². The predicted molar refractivity (Wildman–Crippen MR) is 89.3 cm³/mol. The molecule has 6 nitrogen and oxygen atoms in total. The van der Waals surface area contributed by atoms with E-state index >= 15 is 0 Å². The van der Waals surface area contributed by atoms with Crippen LogP contribution in [-0.2, 0) is 21.2 Å². The summed E-state index contributed by atoms with van der Waals surface area (Å²) in [6, 6.07) is 8.99. The highest BCUT2D eigenvalue weighted by Gasteiger charge is 2.25. The summed E-state index contributed by atoms with van der Waals surface area (Å²) in [5, 5.41) is 0. The lowest BCUT2D eigenvalue weighted by molar-refractivity contribution is -0.131. The summed E-state index contributed by atoms with van der Waals surface area (Å²) in [6.07, 6.45) is 0.111. The molecule has 0 spiro atoms. The number of carbonyl (C=O) groups is 2. The number of halogens is 1. The number of aryl methyl sites for hydroxylation is 1. The molecule has 0 saturated carbocycles. The molecule has 2 aromatic rings. The Kier molecular flexibility index (Phi) is 4.18. The van der Waals surface area contributed by atoms with Crippen LogP contribution in [0.4, 0.5) is 0 Å². The summed E-state index contributed by atoms with van der Waals surface area (Å²) in [7, 11) is -4.08. The van der Waals surface area contributed by atoms with Crippen molar-refractivity contribution in [3.8, 4) is 5.75 Å². The lowest BCUT2D eigenvalue weighted by Gasteiger charge is -2.10. The number of rotatable bonds is 3. The number of benzene rings is 2. The molecule has 0 unspecified atom stereocenters. The average Bonchev–Trinajstić information content (AvgIpc) is 2.85. The van der Waals surface area contributed by atoms with Gasteiger partial charge in [-0.25, -0.2) is 13.1 Å². The Labute approximate surface area is 147 Å². The van der Waals surface area contributed by atoms with Crippen LogP contribution in [0, 0.1) is 6.92 Å². The van der Waals surface area contributed by atoms with E-state index in [1.807, 2.05) is 4.72 Å². The van der Waals surface area contributed by atoms with Gasteiger partial charge < -0.3 is 4.74 Å². The summed E-state index contributed by atoms with van der Waals surface area (Å²) >= 11 is 3.29. The largest absolute Gasteiger partial charge is 0.426 e. The zero-order chi connectivity index (χ0) is 17.5. The van der Waals surface area contributed by atoms with Gasteiger partial charge in [-0.15, -0.1) is 0 Å². The number of sulfonamides is 1. The first kappa shape index (κ1) is 16.7. The van der Waals surface area contributed by atoms with Crippen LogP contribution in [0.2, 0.25) is 0 Å². The number of carbonyl (C=O) groups excluding carboxylic acids is 2. The Morgan fingerprint density at radius 1 is 1.21 bits per heavy atom. The molecule has 8 heteroatoms. The van der Waals surface area contributed by atoms with E-state index in [0.29, 0.717) is 11.1 Å². The van der Waals surface area contributed by atoms with Gasteiger partial charge in [0, 0.05) is 21.7 Å². The smallest absolute Gasteiger partial charge is 0.315 e. The third-order valence-corrected chi connectivity index (χ3v) is 5.39. The van der Waals surface area contributed by atoms with Crippen molar-refractivity contribution in [3.63, 3.8) is 0 Å². The second-order valence-corrected chi connectivity index (χ2v) is 7.91. The van der Waals surface area contributed by atoms with E-state index in [4.69, 9.17) is 4.74 Å². The lowest BCUT2D eigenvalue weighted by Crippen LogP contribution is -2.31. The maximum Gasteiger partial charge on any atom is 0.315 e. The standard InChI is InChI=1S/C16H12BrNO5S/c1-9-6-11(17)3-5-13(9)16(20)18-24(21,22)12-4-2-10-7-15(19)23-14(10)8-12/h2-6,8H,7H2,1H3,(H,18,20). The number of fused-ring (bicyclic) bond motifs is 1. The zero-order valence-corrected chi connectivity index (χ0v) is 14.9. The topological polar surface area (TPSA) is 89.5 Å². The third kappa shape index (κ3) is 3.20. The van der Waals surface area contributed by atoms with E-state index in [0.717, 1.165) is 4.47 Å². The number of amides is 1. The van der Waals surface area contributed by atoms with Gasteiger partial charge in [-0.05, 0) is 36.8 Å². The van der Waals surface area contributed by atoms with Crippen molar-refractivity contribution >= 4 is 37.8 Å². The van der Waals surface area contributed by atoms with Crippen molar-refractivity contribution in [2.75, 3.05) is 0 Å². The van der Waals surface area contributed by atoms with Crippen LogP contribution in [0.5, 0.6) is 5.75 Å². The third-order valence-electron chi connectivity index (χ3n) is 3.57. The molecule has 3 rings (SSSR count). The number of hydrogen-bond acceptors (Lipinski definition) is 5. The second kappa shape index (κ2) is 6.03. The SMILES string of the molecule is Cc1cc(Br)ccc1C(=O)NS(=O)(=O)c1ccc2c(c1)OC(=O)C2. The van der Waals surface area contributed by atoms with E-state index in [9.17, 15) is 18.0 Å². The molecule has 1 heterocycles. The highest BCUT2D eigenvalue weighted by Crippen LogP contribution is 2.28. The predicted octanol–water partition coefficient (Wildman–Crippen LogP) is 2.34. The second-order valence-electron chi connectivity index (χ2n) is 5.31. The van der Waals surface area contributed by atoms with E-state index < -0.39 is 21.9 Å². The summed E-state index contributed by atoms with van der Waals surface area (Å²) in [5.74, 6) is -0.957. The molecule has 24 heavy (non-hydrogen) atoms. The molecule has 124 valence electrons. The summed E-state index contributed by atoms with van der Waals surface area (Å²) in [6.45, 7) is 1.71. The summed E-state index contributed by atoms with van der Waals surface area (Å²) in [5.41, 5.74) is 1.52. The van der Waals surface area contributed by atoms with Crippen molar-refractivity contribution < 1.29 is 22.7 Å². The Bertz CT molecular complexity index is 968. The van der Waals surface area contributed by atoms with Gasteiger partial charge in [0.2, 0.25) is 0 Å². The first-order chi connectivity index (χ1) is 11.3. The van der Waals surface area contributed by atoms with Crippen LogP contribution < -0.4 is 9.46 Å². The molecule has 0 atom stereocenters. The van der Waals surface area contributed by atoms with Crippen LogP contribution in [0.1, 0.15) is 21.5 Å². The van der Waals surface area contributed by atoms with Crippen molar-refractivity contribution in [2.45, 2.75) is 18.2 Å². The van der Waals surface area contributed by atoms with Gasteiger partial charge in [0.15, 0.2) is 0 Å². The Balaban J connectivity index is 1.88. The average molecular weight is 410 g/mol. The van der Waals surface area contributed by atoms with Crippen molar-refractivity contribution in [1.82, 2.24) is 4.72 Å². The lowest BCUT2D eigenvalue weighted by atomic mass is 10.1. The summed E-state index contributed by atoms with van der Waals surface area (Å²) in [4.78, 5) is 23.4. The van der Waals surface area contributed by atoms with Gasteiger partial charge in [-0.2, -0.15) is 0 Å². The Morgan fingerprint density at radius 2 is 1.96 bits per heavy atom. The van der Waals surface area contributed by atoms with Gasteiger partial charge in [-0.1, -0.05) is 22.0 Å². The molecular formula is C16H12BrNO5S. The number of hydrogen-bond donors (Lipinski definition) is 1. The fourth-order valence-electron chi connectivity index (χ4n) is 2.38. The maximum absolute atomic E-state index is 12.4. The first-order valence-corrected chi connectivity index (χ1v) is 9.21. The molecule has 1 aliphatic heterocycles. The minimum absolute atomic E-state index is 0.111. The molecule has 0 aliphatic carbocycles. The van der Waals surface area contributed by atoms with Crippen molar-refractivity contribution in [1.29, 1.82) is 0 Å². The molecule has 0 saturated heterocycles. The fraction of sp³-hybridized carbons (Fsp3) is 0.125. The van der Waals surface area contributed by atoms with Gasteiger partial charge in [0.1, 0.15) is 5.75 Å². The minimum atomic E-state index is -4.08. The van der Waals surface area contributed by atoms with Gasteiger partial charge >= 0.3 is 5.97 Å². The van der Waals surface area contributed by atoms with E-state index in [1.165, 1.54) is 24.3 Å². The van der Waals surface area contributed by atoms with Crippen molar-refractivity contribution in [3.05, 3.63) is 57.6 Å². The molecule has 1 N–H and O–H groups in total. The molecule has 1 aliphatic rings. The zero-order valence-electron chi connectivity index (χ0n) is 12.5.